The molecule has 0 aromatic heterocycles. The van der Waals surface area contributed by atoms with E-state index in [2.05, 4.69) is 11.3 Å². The van der Waals surface area contributed by atoms with Crippen LogP contribution in [0.2, 0.25) is 0 Å². The Morgan fingerprint density at radius 1 is 1.55 bits per heavy atom. The summed E-state index contributed by atoms with van der Waals surface area (Å²) in [5.41, 5.74) is 0. The first kappa shape index (κ1) is 9.69. The molecule has 0 atom stereocenters. The number of rotatable bonds is 4. The Bertz CT molecular complexity index is 178. The summed E-state index contributed by atoms with van der Waals surface area (Å²) >= 11 is 0. The molecule has 2 nitrogen and oxygen atoms in total. The summed E-state index contributed by atoms with van der Waals surface area (Å²) in [6, 6.07) is 0. The summed E-state index contributed by atoms with van der Waals surface area (Å²) in [5, 5.41) is 0. The topological polar surface area (TPSA) is 26.3 Å². The van der Waals surface area contributed by atoms with E-state index < -0.39 is 0 Å². The Hall–Kier alpha value is -1.31. The van der Waals surface area contributed by atoms with Gasteiger partial charge < -0.3 is 4.74 Å². The lowest BCUT2D eigenvalue weighted by Crippen LogP contribution is -1.91. The van der Waals surface area contributed by atoms with Gasteiger partial charge in [0.25, 0.3) is 0 Å². The van der Waals surface area contributed by atoms with E-state index in [1.165, 1.54) is 6.08 Å². The highest BCUT2D eigenvalue weighted by Crippen LogP contribution is 1.87. The van der Waals surface area contributed by atoms with Crippen molar-refractivity contribution in [2.75, 3.05) is 0 Å². The van der Waals surface area contributed by atoms with E-state index in [0.717, 1.165) is 12.7 Å². The molecule has 0 bridgehead atoms. The van der Waals surface area contributed by atoms with Crippen LogP contribution in [0.5, 0.6) is 0 Å². The number of hydrogen-bond donors (Lipinski definition) is 0. The van der Waals surface area contributed by atoms with Gasteiger partial charge in [-0.05, 0) is 13.3 Å². The second-order valence-electron chi connectivity index (χ2n) is 1.81. The van der Waals surface area contributed by atoms with Crippen LogP contribution in [0.3, 0.4) is 0 Å². The number of carbonyl (C=O) groups excluding carboxylic acids is 1. The predicted molar refractivity (Wildman–Crippen MR) is 44.9 cm³/mol. The normalized spacial score (nSPS) is 10.6. The molecule has 0 unspecified atom stereocenters. The third kappa shape index (κ3) is 6.58. The Morgan fingerprint density at radius 2 is 2.27 bits per heavy atom. The van der Waals surface area contributed by atoms with E-state index in [-0.39, 0.29) is 5.97 Å². The molecule has 0 amide bonds. The van der Waals surface area contributed by atoms with Crippen LogP contribution in [-0.4, -0.2) is 5.97 Å². The van der Waals surface area contributed by atoms with Gasteiger partial charge in [-0.3, -0.25) is 0 Å². The SMILES string of the molecule is C=COC(=O)C=CCC=CC. The molecule has 0 spiro atoms. The van der Waals surface area contributed by atoms with Crippen LogP contribution >= 0.6 is 0 Å². The lowest BCUT2D eigenvalue weighted by Gasteiger charge is -1.88. The summed E-state index contributed by atoms with van der Waals surface area (Å²) in [5.74, 6) is -0.385. The molecule has 0 aliphatic carbocycles. The molecule has 0 saturated heterocycles. The van der Waals surface area contributed by atoms with Gasteiger partial charge in [0.05, 0.1) is 6.26 Å². The first-order valence-corrected chi connectivity index (χ1v) is 3.40. The van der Waals surface area contributed by atoms with E-state index in [0.29, 0.717) is 0 Å². The minimum atomic E-state index is -0.385. The summed E-state index contributed by atoms with van der Waals surface area (Å²) < 4.78 is 4.44. The first-order chi connectivity index (χ1) is 5.31. The summed E-state index contributed by atoms with van der Waals surface area (Å²) in [6.07, 6.45) is 8.83. The lowest BCUT2D eigenvalue weighted by atomic mass is 10.3. The quantitative estimate of drug-likeness (QED) is 0.267. The molecule has 2 heteroatoms. The summed E-state index contributed by atoms with van der Waals surface area (Å²) in [6.45, 7) is 5.18. The third-order valence-electron chi connectivity index (χ3n) is 0.961. The van der Waals surface area contributed by atoms with E-state index in [1.54, 1.807) is 6.08 Å². The van der Waals surface area contributed by atoms with Crippen LogP contribution < -0.4 is 0 Å². The number of esters is 1. The van der Waals surface area contributed by atoms with Gasteiger partial charge in [-0.15, -0.1) is 0 Å². The smallest absolute Gasteiger partial charge is 0.335 e. The van der Waals surface area contributed by atoms with Gasteiger partial charge in [0.1, 0.15) is 0 Å². The van der Waals surface area contributed by atoms with Gasteiger partial charge in [0.15, 0.2) is 0 Å². The fourth-order valence-corrected chi connectivity index (χ4v) is 0.500. The fourth-order valence-electron chi connectivity index (χ4n) is 0.500. The van der Waals surface area contributed by atoms with Crippen LogP contribution in [0.25, 0.3) is 0 Å². The average Bonchev–Trinajstić information content (AvgIpc) is 1.99. The second-order valence-corrected chi connectivity index (χ2v) is 1.81. The molecule has 11 heavy (non-hydrogen) atoms. The standard InChI is InChI=1S/C9H12O2/c1-3-5-6-7-8-9(10)11-4-2/h3-5,7-8H,2,6H2,1H3. The zero-order valence-electron chi connectivity index (χ0n) is 6.62. The van der Waals surface area contributed by atoms with Crippen molar-refractivity contribution in [3.05, 3.63) is 37.1 Å². The Morgan fingerprint density at radius 3 is 2.82 bits per heavy atom. The molecule has 0 aromatic rings. The highest BCUT2D eigenvalue weighted by atomic mass is 16.5. The molecular weight excluding hydrogens is 140 g/mol. The van der Waals surface area contributed by atoms with Gasteiger partial charge in [-0.1, -0.05) is 24.8 Å². The third-order valence-corrected chi connectivity index (χ3v) is 0.961. The van der Waals surface area contributed by atoms with Crippen LogP contribution in [0.4, 0.5) is 0 Å². The van der Waals surface area contributed by atoms with Gasteiger partial charge >= 0.3 is 5.97 Å². The van der Waals surface area contributed by atoms with Crippen molar-refractivity contribution >= 4 is 5.97 Å². The molecule has 0 aromatic carbocycles. The van der Waals surface area contributed by atoms with Crippen molar-refractivity contribution in [3.8, 4) is 0 Å². The highest BCUT2D eigenvalue weighted by Gasteiger charge is 1.88. The molecule has 0 heterocycles. The number of allylic oxidation sites excluding steroid dienone is 3. The minimum Gasteiger partial charge on any atom is -0.432 e. The maximum atomic E-state index is 10.6. The van der Waals surface area contributed by atoms with Crippen molar-refractivity contribution in [1.29, 1.82) is 0 Å². The first-order valence-electron chi connectivity index (χ1n) is 3.40. The molecule has 60 valence electrons. The average molecular weight is 152 g/mol. The second kappa shape index (κ2) is 6.81. The predicted octanol–water partition coefficient (Wildman–Crippen LogP) is 2.20. The minimum absolute atomic E-state index is 0.385. The van der Waals surface area contributed by atoms with Crippen molar-refractivity contribution in [3.63, 3.8) is 0 Å². The molecule has 0 fully saturated rings. The van der Waals surface area contributed by atoms with Gasteiger partial charge in [-0.25, -0.2) is 4.79 Å². The van der Waals surface area contributed by atoms with Crippen LogP contribution in [0, 0.1) is 0 Å². The van der Waals surface area contributed by atoms with E-state index in [4.69, 9.17) is 0 Å². The molecule has 0 aliphatic rings. The van der Waals surface area contributed by atoms with E-state index in [1.807, 2.05) is 19.1 Å². The van der Waals surface area contributed by atoms with Crippen LogP contribution in [-0.2, 0) is 9.53 Å². The monoisotopic (exact) mass is 152 g/mol. The van der Waals surface area contributed by atoms with E-state index in [9.17, 15) is 4.79 Å². The van der Waals surface area contributed by atoms with Gasteiger partial charge in [-0.2, -0.15) is 0 Å². The number of carbonyl (C=O) groups is 1. The largest absolute Gasteiger partial charge is 0.432 e. The van der Waals surface area contributed by atoms with Crippen molar-refractivity contribution < 1.29 is 9.53 Å². The van der Waals surface area contributed by atoms with Crippen molar-refractivity contribution in [1.82, 2.24) is 0 Å². The van der Waals surface area contributed by atoms with Gasteiger partial charge in [0.2, 0.25) is 0 Å². The Labute approximate surface area is 66.9 Å². The highest BCUT2D eigenvalue weighted by molar-refractivity contribution is 5.82. The molecular formula is C9H12O2. The zero-order chi connectivity index (χ0) is 8.53. The zero-order valence-corrected chi connectivity index (χ0v) is 6.62. The van der Waals surface area contributed by atoms with Crippen molar-refractivity contribution in [2.24, 2.45) is 0 Å². The molecule has 0 aliphatic heterocycles. The molecule has 0 radical (unpaired) electrons. The maximum absolute atomic E-state index is 10.6. The Kier molecular flexibility index (Phi) is 5.99. The van der Waals surface area contributed by atoms with Gasteiger partial charge in [0, 0.05) is 6.08 Å². The van der Waals surface area contributed by atoms with Crippen LogP contribution in [0.15, 0.2) is 37.1 Å². The van der Waals surface area contributed by atoms with E-state index >= 15 is 0 Å². The lowest BCUT2D eigenvalue weighted by molar-refractivity contribution is -0.132. The summed E-state index contributed by atoms with van der Waals surface area (Å²) in [7, 11) is 0. The maximum Gasteiger partial charge on any atom is 0.335 e. The fraction of sp³-hybridized carbons (Fsp3) is 0.222. The van der Waals surface area contributed by atoms with Crippen molar-refractivity contribution in [2.45, 2.75) is 13.3 Å². The van der Waals surface area contributed by atoms with Crippen LogP contribution in [0.1, 0.15) is 13.3 Å². The number of hydrogen-bond acceptors (Lipinski definition) is 2. The summed E-state index contributed by atoms with van der Waals surface area (Å²) in [4.78, 5) is 10.6. The Balaban J connectivity index is 3.56. The molecule has 0 rings (SSSR count). The molecule has 0 N–H and O–H groups in total. The number of ether oxygens (including phenoxy) is 1. The molecule has 0 saturated carbocycles.